The van der Waals surface area contributed by atoms with Gasteiger partial charge in [-0.1, -0.05) is 0 Å². The molecule has 0 N–H and O–H groups in total. The first-order valence-corrected chi connectivity index (χ1v) is 5.13. The molecule has 0 aromatic rings. The van der Waals surface area contributed by atoms with Crippen molar-refractivity contribution in [2.24, 2.45) is 0 Å². The molecular formula is C12H10N2O4. The Bertz CT molecular complexity index is 493. The van der Waals surface area contributed by atoms with E-state index in [0.717, 1.165) is 0 Å². The predicted molar refractivity (Wildman–Crippen MR) is 58.0 cm³/mol. The molecule has 0 spiro atoms. The number of nitriles is 2. The highest BCUT2D eigenvalue weighted by Gasteiger charge is 2.26. The topological polar surface area (TPSA) is 100 Å². The van der Waals surface area contributed by atoms with Crippen molar-refractivity contribution in [3.63, 3.8) is 0 Å². The van der Waals surface area contributed by atoms with Crippen LogP contribution < -0.4 is 0 Å². The van der Waals surface area contributed by atoms with E-state index in [1.54, 1.807) is 12.1 Å². The van der Waals surface area contributed by atoms with Crippen LogP contribution >= 0.6 is 0 Å². The summed E-state index contributed by atoms with van der Waals surface area (Å²) in [6, 6.07) is 3.59. The van der Waals surface area contributed by atoms with Crippen LogP contribution in [-0.2, 0) is 19.1 Å². The average molecular weight is 246 g/mol. The summed E-state index contributed by atoms with van der Waals surface area (Å²) in [6.45, 7) is 2.42. The number of carbonyl (C=O) groups is 2. The Morgan fingerprint density at radius 3 is 1.50 bits per heavy atom. The Kier molecular flexibility index (Phi) is 4.22. The molecule has 0 aromatic heterocycles. The van der Waals surface area contributed by atoms with Gasteiger partial charge in [0.2, 0.25) is 0 Å². The lowest BCUT2D eigenvalue weighted by molar-refractivity contribution is -0.139. The minimum atomic E-state index is -0.564. The SMILES string of the molecule is CC(=O)OC1=C(C#N)C(C#N)=C(OC(C)=O)CC1. The predicted octanol–water partition coefficient (Wildman–Crippen LogP) is 1.46. The Hall–Kier alpha value is -2.60. The molecule has 0 heterocycles. The Morgan fingerprint density at radius 1 is 0.944 bits per heavy atom. The van der Waals surface area contributed by atoms with Gasteiger partial charge in [0, 0.05) is 26.7 Å². The molecule has 0 saturated carbocycles. The lowest BCUT2D eigenvalue weighted by Crippen LogP contribution is -2.12. The van der Waals surface area contributed by atoms with Crippen molar-refractivity contribution in [2.75, 3.05) is 0 Å². The second kappa shape index (κ2) is 5.65. The molecule has 1 aliphatic carbocycles. The summed E-state index contributed by atoms with van der Waals surface area (Å²) in [4.78, 5) is 21.8. The maximum atomic E-state index is 10.9. The van der Waals surface area contributed by atoms with E-state index in [2.05, 4.69) is 0 Å². The first-order chi connectivity index (χ1) is 8.49. The highest BCUT2D eigenvalue weighted by molar-refractivity contribution is 5.70. The molecule has 1 rings (SSSR count). The third-order valence-corrected chi connectivity index (χ3v) is 2.14. The van der Waals surface area contributed by atoms with Gasteiger partial charge in [-0.2, -0.15) is 10.5 Å². The van der Waals surface area contributed by atoms with Crippen LogP contribution in [0.15, 0.2) is 22.7 Å². The van der Waals surface area contributed by atoms with Crippen LogP contribution in [0, 0.1) is 22.7 Å². The Balaban J connectivity index is 3.24. The highest BCUT2D eigenvalue weighted by Crippen LogP contribution is 2.31. The maximum absolute atomic E-state index is 10.9. The lowest BCUT2D eigenvalue weighted by Gasteiger charge is -2.17. The summed E-state index contributed by atoms with van der Waals surface area (Å²) in [5.74, 6) is -0.855. The summed E-state index contributed by atoms with van der Waals surface area (Å²) in [7, 11) is 0. The summed E-state index contributed by atoms with van der Waals surface area (Å²) in [5.41, 5.74) is -0.120. The molecule has 6 nitrogen and oxygen atoms in total. The van der Waals surface area contributed by atoms with Gasteiger partial charge in [-0.05, 0) is 0 Å². The van der Waals surface area contributed by atoms with Crippen molar-refractivity contribution in [2.45, 2.75) is 26.7 Å². The quantitative estimate of drug-likeness (QED) is 0.684. The van der Waals surface area contributed by atoms with E-state index in [4.69, 9.17) is 20.0 Å². The summed E-state index contributed by atoms with van der Waals surface area (Å²) in [5, 5.41) is 18.0. The number of hydrogen-bond acceptors (Lipinski definition) is 6. The fourth-order valence-electron chi connectivity index (χ4n) is 1.54. The van der Waals surface area contributed by atoms with Gasteiger partial charge >= 0.3 is 11.9 Å². The molecule has 0 unspecified atom stereocenters. The van der Waals surface area contributed by atoms with Gasteiger partial charge in [0.05, 0.1) is 0 Å². The van der Waals surface area contributed by atoms with Crippen LogP contribution in [0.5, 0.6) is 0 Å². The van der Waals surface area contributed by atoms with Crippen LogP contribution in [0.4, 0.5) is 0 Å². The largest absolute Gasteiger partial charge is 0.430 e. The zero-order valence-corrected chi connectivity index (χ0v) is 9.94. The molecule has 92 valence electrons. The third kappa shape index (κ3) is 2.96. The van der Waals surface area contributed by atoms with Gasteiger partial charge < -0.3 is 9.47 Å². The lowest BCUT2D eigenvalue weighted by atomic mass is 9.96. The number of nitrogens with zero attached hydrogens (tertiary/aromatic N) is 2. The van der Waals surface area contributed by atoms with E-state index < -0.39 is 11.9 Å². The van der Waals surface area contributed by atoms with Gasteiger partial charge in [0.15, 0.2) is 0 Å². The van der Waals surface area contributed by atoms with E-state index in [9.17, 15) is 9.59 Å². The fourth-order valence-corrected chi connectivity index (χ4v) is 1.54. The second-order valence-electron chi connectivity index (χ2n) is 3.51. The monoisotopic (exact) mass is 246 g/mol. The van der Waals surface area contributed by atoms with Crippen LogP contribution in [0.1, 0.15) is 26.7 Å². The minimum Gasteiger partial charge on any atom is -0.430 e. The van der Waals surface area contributed by atoms with Gasteiger partial charge in [0.1, 0.15) is 34.8 Å². The zero-order valence-electron chi connectivity index (χ0n) is 9.94. The summed E-state index contributed by atoms with van der Waals surface area (Å²) < 4.78 is 9.75. The molecule has 0 atom stereocenters. The molecule has 6 heteroatoms. The molecule has 0 fully saturated rings. The van der Waals surface area contributed by atoms with E-state index >= 15 is 0 Å². The smallest absolute Gasteiger partial charge is 0.307 e. The van der Waals surface area contributed by atoms with Crippen molar-refractivity contribution in [3.05, 3.63) is 22.7 Å². The van der Waals surface area contributed by atoms with Crippen molar-refractivity contribution >= 4 is 11.9 Å². The average Bonchev–Trinajstić information content (AvgIpc) is 2.29. The molecule has 0 radical (unpaired) electrons. The van der Waals surface area contributed by atoms with Crippen molar-refractivity contribution in [1.82, 2.24) is 0 Å². The van der Waals surface area contributed by atoms with Crippen LogP contribution in [0.2, 0.25) is 0 Å². The van der Waals surface area contributed by atoms with Crippen LogP contribution in [0.25, 0.3) is 0 Å². The minimum absolute atomic E-state index is 0.0600. The Morgan fingerprint density at radius 2 is 1.28 bits per heavy atom. The standard InChI is InChI=1S/C12H10N2O4/c1-7(15)17-11-3-4-12(18-8(2)16)10(6-14)9(11)5-13/h3-4H2,1-2H3. The summed E-state index contributed by atoms with van der Waals surface area (Å²) in [6.07, 6.45) is 0.465. The highest BCUT2D eigenvalue weighted by atomic mass is 16.5. The van der Waals surface area contributed by atoms with Gasteiger partial charge in [-0.3, -0.25) is 9.59 Å². The number of ether oxygens (including phenoxy) is 2. The number of carbonyl (C=O) groups excluding carboxylic acids is 2. The Labute approximate surface area is 104 Å². The van der Waals surface area contributed by atoms with E-state index in [1.165, 1.54) is 13.8 Å². The van der Waals surface area contributed by atoms with Crippen LogP contribution in [-0.4, -0.2) is 11.9 Å². The molecule has 1 aliphatic rings. The van der Waals surface area contributed by atoms with Gasteiger partial charge in [0.25, 0.3) is 0 Å². The summed E-state index contributed by atoms with van der Waals surface area (Å²) >= 11 is 0. The fraction of sp³-hybridized carbons (Fsp3) is 0.333. The van der Waals surface area contributed by atoms with Crippen molar-refractivity contribution in [3.8, 4) is 12.1 Å². The molecule has 0 aromatic carbocycles. The third-order valence-electron chi connectivity index (χ3n) is 2.14. The molecule has 0 aliphatic heterocycles. The van der Waals surface area contributed by atoms with E-state index in [0.29, 0.717) is 0 Å². The number of esters is 2. The number of rotatable bonds is 2. The molecule has 0 saturated heterocycles. The molecule has 0 bridgehead atoms. The van der Waals surface area contributed by atoms with Crippen molar-refractivity contribution in [1.29, 1.82) is 10.5 Å². The zero-order chi connectivity index (χ0) is 13.7. The first kappa shape index (κ1) is 13.5. The van der Waals surface area contributed by atoms with E-state index in [-0.39, 0.29) is 35.5 Å². The molecule has 0 amide bonds. The first-order valence-electron chi connectivity index (χ1n) is 5.13. The normalized spacial score (nSPS) is 14.7. The maximum Gasteiger partial charge on any atom is 0.307 e. The van der Waals surface area contributed by atoms with Gasteiger partial charge in [-0.25, -0.2) is 0 Å². The van der Waals surface area contributed by atoms with Crippen LogP contribution in [0.3, 0.4) is 0 Å². The van der Waals surface area contributed by atoms with Crippen molar-refractivity contribution < 1.29 is 19.1 Å². The number of allylic oxidation sites excluding steroid dienone is 4. The molecular weight excluding hydrogens is 236 g/mol. The number of hydrogen-bond donors (Lipinski definition) is 0. The van der Waals surface area contributed by atoms with E-state index in [1.807, 2.05) is 0 Å². The second-order valence-corrected chi connectivity index (χ2v) is 3.51. The van der Waals surface area contributed by atoms with Gasteiger partial charge in [-0.15, -0.1) is 0 Å². The molecule has 18 heavy (non-hydrogen) atoms.